The molecule has 4 aromatic rings. The van der Waals surface area contributed by atoms with Crippen LogP contribution in [0, 0.1) is 0 Å². The summed E-state index contributed by atoms with van der Waals surface area (Å²) in [4.78, 5) is 0. The molecule has 0 amide bonds. The minimum atomic E-state index is 0.157. The topological polar surface area (TPSA) is 59.4 Å². The zero-order valence-electron chi connectivity index (χ0n) is 11.0. The van der Waals surface area contributed by atoms with E-state index in [1.54, 1.807) is 24.3 Å². The van der Waals surface area contributed by atoms with E-state index < -0.39 is 0 Å². The Kier molecular flexibility index (Phi) is 2.54. The molecule has 0 radical (unpaired) electrons. The minimum absolute atomic E-state index is 0.157. The fourth-order valence-corrected chi connectivity index (χ4v) is 2.31. The number of aromatic nitrogens is 1. The Labute approximate surface area is 120 Å². The molecule has 0 aliphatic carbocycles. The second kappa shape index (κ2) is 4.52. The van der Waals surface area contributed by atoms with Gasteiger partial charge in [0.15, 0.2) is 11.5 Å². The Morgan fingerprint density at radius 1 is 0.857 bits per heavy atom. The fraction of sp³-hybridized carbons (Fsp3) is 0. The van der Waals surface area contributed by atoms with Crippen molar-refractivity contribution >= 4 is 11.0 Å². The number of furan rings is 1. The molecule has 102 valence electrons. The Morgan fingerprint density at radius 3 is 2.52 bits per heavy atom. The van der Waals surface area contributed by atoms with Crippen LogP contribution in [0.15, 0.2) is 69.6 Å². The molecule has 0 unspecified atom stereocenters. The molecule has 0 fully saturated rings. The Bertz CT molecular complexity index is 887. The van der Waals surface area contributed by atoms with E-state index in [1.807, 2.05) is 36.4 Å². The summed E-state index contributed by atoms with van der Waals surface area (Å²) >= 11 is 0. The third kappa shape index (κ3) is 1.97. The first-order valence-electron chi connectivity index (χ1n) is 6.55. The number of aromatic hydroxyl groups is 1. The lowest BCUT2D eigenvalue weighted by Crippen LogP contribution is -1.74. The van der Waals surface area contributed by atoms with Crippen LogP contribution < -0.4 is 0 Å². The SMILES string of the molecule is Oc1ccccc1-c1cc(-c2cc3ccccc3o2)no1. The first kappa shape index (κ1) is 11.8. The Morgan fingerprint density at radius 2 is 1.67 bits per heavy atom. The third-order valence-corrected chi connectivity index (χ3v) is 3.36. The van der Waals surface area contributed by atoms with Gasteiger partial charge in [0.05, 0.1) is 5.56 Å². The van der Waals surface area contributed by atoms with Gasteiger partial charge in [-0.25, -0.2) is 0 Å². The molecule has 2 aromatic carbocycles. The molecular weight excluding hydrogens is 266 g/mol. The van der Waals surface area contributed by atoms with Gasteiger partial charge in [-0.3, -0.25) is 0 Å². The summed E-state index contributed by atoms with van der Waals surface area (Å²) in [7, 11) is 0. The predicted octanol–water partition coefficient (Wildman–Crippen LogP) is 4.46. The van der Waals surface area contributed by atoms with Gasteiger partial charge in [-0.2, -0.15) is 0 Å². The van der Waals surface area contributed by atoms with Crippen LogP contribution in [0.25, 0.3) is 33.7 Å². The van der Waals surface area contributed by atoms with E-state index in [2.05, 4.69) is 5.16 Å². The molecule has 0 aliphatic rings. The summed E-state index contributed by atoms with van der Waals surface area (Å²) in [6.45, 7) is 0. The van der Waals surface area contributed by atoms with Crippen molar-refractivity contribution in [2.45, 2.75) is 0 Å². The van der Waals surface area contributed by atoms with Gasteiger partial charge >= 0.3 is 0 Å². The molecule has 2 heterocycles. The van der Waals surface area contributed by atoms with E-state index in [1.165, 1.54) is 0 Å². The lowest BCUT2D eigenvalue weighted by molar-refractivity contribution is 0.426. The zero-order valence-corrected chi connectivity index (χ0v) is 11.0. The maximum absolute atomic E-state index is 9.85. The molecule has 0 aliphatic heterocycles. The van der Waals surface area contributed by atoms with E-state index in [9.17, 15) is 5.11 Å². The number of hydrogen-bond donors (Lipinski definition) is 1. The molecule has 0 spiro atoms. The highest BCUT2D eigenvalue weighted by atomic mass is 16.5. The van der Waals surface area contributed by atoms with Gasteiger partial charge in [0.1, 0.15) is 17.0 Å². The van der Waals surface area contributed by atoms with E-state index >= 15 is 0 Å². The summed E-state index contributed by atoms with van der Waals surface area (Å²) in [5.41, 5.74) is 2.01. The van der Waals surface area contributed by atoms with Crippen molar-refractivity contribution in [1.82, 2.24) is 5.16 Å². The van der Waals surface area contributed by atoms with Crippen LogP contribution in [-0.4, -0.2) is 10.3 Å². The van der Waals surface area contributed by atoms with Gasteiger partial charge < -0.3 is 14.0 Å². The second-order valence-corrected chi connectivity index (χ2v) is 4.74. The van der Waals surface area contributed by atoms with Crippen molar-refractivity contribution in [1.29, 1.82) is 0 Å². The molecular formula is C17H11NO3. The second-order valence-electron chi connectivity index (χ2n) is 4.74. The van der Waals surface area contributed by atoms with Crippen LogP contribution in [0.2, 0.25) is 0 Å². The van der Waals surface area contributed by atoms with Crippen molar-refractivity contribution in [3.8, 4) is 28.5 Å². The summed E-state index contributed by atoms with van der Waals surface area (Å²) in [6.07, 6.45) is 0. The minimum Gasteiger partial charge on any atom is -0.507 e. The smallest absolute Gasteiger partial charge is 0.171 e. The van der Waals surface area contributed by atoms with Crippen LogP contribution in [0.3, 0.4) is 0 Å². The van der Waals surface area contributed by atoms with E-state index in [4.69, 9.17) is 8.94 Å². The van der Waals surface area contributed by atoms with Crippen molar-refractivity contribution in [3.63, 3.8) is 0 Å². The van der Waals surface area contributed by atoms with Crippen LogP contribution in [-0.2, 0) is 0 Å². The predicted molar refractivity (Wildman–Crippen MR) is 78.8 cm³/mol. The van der Waals surface area contributed by atoms with Crippen LogP contribution in [0.4, 0.5) is 0 Å². The highest BCUT2D eigenvalue weighted by Crippen LogP contribution is 2.33. The molecule has 0 saturated heterocycles. The van der Waals surface area contributed by atoms with Crippen LogP contribution in [0.1, 0.15) is 0 Å². The lowest BCUT2D eigenvalue weighted by atomic mass is 10.1. The van der Waals surface area contributed by atoms with Gasteiger partial charge in [0.2, 0.25) is 0 Å². The molecule has 21 heavy (non-hydrogen) atoms. The Hall–Kier alpha value is -3.01. The van der Waals surface area contributed by atoms with Crippen molar-refractivity contribution in [3.05, 3.63) is 60.7 Å². The molecule has 0 bridgehead atoms. The lowest BCUT2D eigenvalue weighted by Gasteiger charge is -1.97. The molecule has 0 atom stereocenters. The monoisotopic (exact) mass is 277 g/mol. The van der Waals surface area contributed by atoms with Gasteiger partial charge in [0.25, 0.3) is 0 Å². The summed E-state index contributed by atoms with van der Waals surface area (Å²) < 4.78 is 11.1. The standard InChI is InChI=1S/C17H11NO3/c19-14-7-3-2-6-12(14)16-10-13(18-21-16)17-9-11-5-1-4-8-15(11)20-17/h1-10,19H. The normalized spacial score (nSPS) is 11.0. The summed E-state index contributed by atoms with van der Waals surface area (Å²) in [5, 5.41) is 14.9. The number of fused-ring (bicyclic) bond motifs is 1. The summed E-state index contributed by atoms with van der Waals surface area (Å²) in [6, 6.07) is 18.4. The van der Waals surface area contributed by atoms with Gasteiger partial charge in [-0.05, 0) is 24.3 Å². The number of rotatable bonds is 2. The molecule has 4 nitrogen and oxygen atoms in total. The maximum atomic E-state index is 9.85. The Balaban J connectivity index is 1.79. The fourth-order valence-electron chi connectivity index (χ4n) is 2.31. The van der Waals surface area contributed by atoms with E-state index in [-0.39, 0.29) is 5.75 Å². The average molecular weight is 277 g/mol. The number of benzene rings is 2. The van der Waals surface area contributed by atoms with Crippen LogP contribution >= 0.6 is 0 Å². The van der Waals surface area contributed by atoms with Crippen LogP contribution in [0.5, 0.6) is 5.75 Å². The van der Waals surface area contributed by atoms with Crippen molar-refractivity contribution in [2.75, 3.05) is 0 Å². The quantitative estimate of drug-likeness (QED) is 0.587. The molecule has 4 heteroatoms. The molecule has 0 saturated carbocycles. The van der Waals surface area contributed by atoms with Gasteiger partial charge in [0, 0.05) is 11.5 Å². The highest BCUT2D eigenvalue weighted by molar-refractivity contribution is 5.82. The van der Waals surface area contributed by atoms with E-state index in [0.29, 0.717) is 22.8 Å². The molecule has 1 N–H and O–H groups in total. The summed E-state index contributed by atoms with van der Waals surface area (Å²) in [5.74, 6) is 1.30. The maximum Gasteiger partial charge on any atom is 0.171 e. The molecule has 2 aromatic heterocycles. The highest BCUT2D eigenvalue weighted by Gasteiger charge is 2.14. The van der Waals surface area contributed by atoms with Gasteiger partial charge in [-0.1, -0.05) is 35.5 Å². The van der Waals surface area contributed by atoms with Crippen molar-refractivity contribution < 1.29 is 14.0 Å². The average Bonchev–Trinajstić information content (AvgIpc) is 3.14. The number of phenolic OH excluding ortho intramolecular Hbond substituents is 1. The number of para-hydroxylation sites is 2. The largest absolute Gasteiger partial charge is 0.507 e. The third-order valence-electron chi connectivity index (χ3n) is 3.36. The number of nitrogens with zero attached hydrogens (tertiary/aromatic N) is 1. The zero-order chi connectivity index (χ0) is 14.2. The molecule has 4 rings (SSSR count). The van der Waals surface area contributed by atoms with Crippen molar-refractivity contribution in [2.24, 2.45) is 0 Å². The number of phenols is 1. The first-order valence-corrected chi connectivity index (χ1v) is 6.55. The number of hydrogen-bond acceptors (Lipinski definition) is 4. The first-order chi connectivity index (χ1) is 10.3. The van der Waals surface area contributed by atoms with E-state index in [0.717, 1.165) is 11.0 Å². The van der Waals surface area contributed by atoms with Gasteiger partial charge in [-0.15, -0.1) is 0 Å².